The molecule has 0 aliphatic heterocycles. The Morgan fingerprint density at radius 3 is 2.59 bits per heavy atom. The van der Waals surface area contributed by atoms with Crippen molar-refractivity contribution in [3.8, 4) is 6.07 Å². The third kappa shape index (κ3) is 3.45. The lowest BCUT2D eigenvalue weighted by Gasteiger charge is -2.29. The normalized spacial score (nSPS) is 11.4. The van der Waals surface area contributed by atoms with Crippen LogP contribution in [0.5, 0.6) is 0 Å². The Morgan fingerprint density at radius 1 is 1.41 bits per heavy atom. The van der Waals surface area contributed by atoms with Gasteiger partial charge in [-0.3, -0.25) is 0 Å². The van der Waals surface area contributed by atoms with Crippen LogP contribution in [0.3, 0.4) is 0 Å². The second-order valence-electron chi connectivity index (χ2n) is 5.46. The van der Waals surface area contributed by atoms with Crippen LogP contribution in [0, 0.1) is 29.6 Å². The molecule has 0 bridgehead atoms. The molecule has 1 rings (SSSR count). The first-order chi connectivity index (χ1) is 7.86. The summed E-state index contributed by atoms with van der Waals surface area (Å²) in [7, 11) is 0. The second-order valence-corrected chi connectivity index (χ2v) is 5.46. The quantitative estimate of drug-likeness (QED) is 0.864. The molecule has 0 aliphatic carbocycles. The fourth-order valence-electron chi connectivity index (χ4n) is 1.30. The van der Waals surface area contributed by atoms with Gasteiger partial charge in [0.2, 0.25) is 0 Å². The number of nitrogens with one attached hydrogen (secondary N) is 1. The molecule has 0 saturated carbocycles. The lowest BCUT2D eigenvalue weighted by atomic mass is 9.81. The molecule has 0 unspecified atom stereocenters. The van der Waals surface area contributed by atoms with Crippen molar-refractivity contribution >= 4 is 5.82 Å². The SMILES string of the molecule is Cc1ccc(C#N)c(NCC(C)(C)C(C)C)n1. The molecule has 1 aromatic rings. The summed E-state index contributed by atoms with van der Waals surface area (Å²) in [4.78, 5) is 4.37. The molecule has 3 heteroatoms. The van der Waals surface area contributed by atoms with Crippen LogP contribution in [0.2, 0.25) is 0 Å². The Hall–Kier alpha value is -1.56. The smallest absolute Gasteiger partial charge is 0.144 e. The summed E-state index contributed by atoms with van der Waals surface area (Å²) in [6, 6.07) is 5.83. The zero-order chi connectivity index (χ0) is 13.1. The van der Waals surface area contributed by atoms with Crippen molar-refractivity contribution in [2.45, 2.75) is 34.6 Å². The van der Waals surface area contributed by atoms with Crippen molar-refractivity contribution in [2.75, 3.05) is 11.9 Å². The third-order valence-corrected chi connectivity index (χ3v) is 3.43. The minimum absolute atomic E-state index is 0.179. The van der Waals surface area contributed by atoms with E-state index >= 15 is 0 Å². The number of pyridine rings is 1. The molecule has 0 spiro atoms. The van der Waals surface area contributed by atoms with E-state index in [0.29, 0.717) is 17.3 Å². The number of rotatable bonds is 4. The summed E-state index contributed by atoms with van der Waals surface area (Å²) in [6.45, 7) is 11.6. The van der Waals surface area contributed by atoms with Crippen molar-refractivity contribution in [3.63, 3.8) is 0 Å². The molecule has 1 N–H and O–H groups in total. The van der Waals surface area contributed by atoms with Gasteiger partial charge in [0.15, 0.2) is 0 Å². The van der Waals surface area contributed by atoms with Gasteiger partial charge in [-0.15, -0.1) is 0 Å². The van der Waals surface area contributed by atoms with Crippen molar-refractivity contribution in [1.82, 2.24) is 4.98 Å². The Morgan fingerprint density at radius 2 is 2.06 bits per heavy atom. The lowest BCUT2D eigenvalue weighted by molar-refractivity contribution is 0.269. The van der Waals surface area contributed by atoms with Crippen LogP contribution in [0.25, 0.3) is 0 Å². The topological polar surface area (TPSA) is 48.7 Å². The monoisotopic (exact) mass is 231 g/mol. The number of aryl methyl sites for hydroxylation is 1. The number of hydrogen-bond donors (Lipinski definition) is 1. The second kappa shape index (κ2) is 5.18. The van der Waals surface area contributed by atoms with Crippen molar-refractivity contribution in [1.29, 1.82) is 5.26 Å². The van der Waals surface area contributed by atoms with Gasteiger partial charge in [0.05, 0.1) is 5.56 Å². The van der Waals surface area contributed by atoms with Crippen LogP contribution in [0.4, 0.5) is 5.82 Å². The van der Waals surface area contributed by atoms with E-state index in [9.17, 15) is 0 Å². The molecule has 0 aliphatic rings. The summed E-state index contributed by atoms with van der Waals surface area (Å²) in [5.74, 6) is 1.27. The van der Waals surface area contributed by atoms with E-state index in [2.05, 4.69) is 44.1 Å². The first-order valence-electron chi connectivity index (χ1n) is 5.98. The number of anilines is 1. The lowest BCUT2D eigenvalue weighted by Crippen LogP contribution is -2.29. The summed E-state index contributed by atoms with van der Waals surface area (Å²) >= 11 is 0. The van der Waals surface area contributed by atoms with E-state index in [1.165, 1.54) is 0 Å². The van der Waals surface area contributed by atoms with Gasteiger partial charge in [0, 0.05) is 12.2 Å². The predicted octanol–water partition coefficient (Wildman–Crippen LogP) is 3.36. The van der Waals surface area contributed by atoms with Crippen LogP contribution in [0.15, 0.2) is 12.1 Å². The van der Waals surface area contributed by atoms with Gasteiger partial charge in [-0.2, -0.15) is 5.26 Å². The van der Waals surface area contributed by atoms with Crippen LogP contribution in [-0.2, 0) is 0 Å². The summed E-state index contributed by atoms with van der Waals surface area (Å²) in [6.07, 6.45) is 0. The first-order valence-corrected chi connectivity index (χ1v) is 5.98. The standard InChI is InChI=1S/C14H21N3/c1-10(2)14(4,5)9-16-13-12(8-15)7-6-11(3)17-13/h6-7,10H,9H2,1-5H3,(H,16,17). The third-order valence-electron chi connectivity index (χ3n) is 3.43. The molecule has 1 aromatic heterocycles. The van der Waals surface area contributed by atoms with Gasteiger partial charge in [0.25, 0.3) is 0 Å². The van der Waals surface area contributed by atoms with Crippen molar-refractivity contribution in [2.24, 2.45) is 11.3 Å². The molecule has 3 nitrogen and oxygen atoms in total. The molecular formula is C14H21N3. The molecular weight excluding hydrogens is 210 g/mol. The van der Waals surface area contributed by atoms with E-state index in [1.54, 1.807) is 0 Å². The molecule has 0 atom stereocenters. The maximum Gasteiger partial charge on any atom is 0.144 e. The van der Waals surface area contributed by atoms with Gasteiger partial charge in [-0.1, -0.05) is 27.7 Å². The molecule has 92 valence electrons. The Bertz CT molecular complexity index is 428. The van der Waals surface area contributed by atoms with Gasteiger partial charge < -0.3 is 5.32 Å². The molecule has 17 heavy (non-hydrogen) atoms. The molecule has 0 saturated heterocycles. The summed E-state index contributed by atoms with van der Waals surface area (Å²) in [5.41, 5.74) is 1.71. The van der Waals surface area contributed by atoms with E-state index in [-0.39, 0.29) is 5.41 Å². The number of hydrogen-bond acceptors (Lipinski definition) is 3. The predicted molar refractivity (Wildman–Crippen MR) is 70.8 cm³/mol. The zero-order valence-corrected chi connectivity index (χ0v) is 11.3. The highest BCUT2D eigenvalue weighted by Gasteiger charge is 2.22. The maximum atomic E-state index is 9.02. The van der Waals surface area contributed by atoms with Crippen molar-refractivity contribution in [3.05, 3.63) is 23.4 Å². The summed E-state index contributed by atoms with van der Waals surface area (Å²) in [5, 5.41) is 12.3. The van der Waals surface area contributed by atoms with Gasteiger partial charge in [0.1, 0.15) is 11.9 Å². The number of aromatic nitrogens is 1. The molecule has 1 heterocycles. The van der Waals surface area contributed by atoms with Crippen LogP contribution in [-0.4, -0.2) is 11.5 Å². The molecule has 0 radical (unpaired) electrons. The average molecular weight is 231 g/mol. The van der Waals surface area contributed by atoms with Crippen LogP contribution < -0.4 is 5.32 Å². The highest BCUT2D eigenvalue weighted by molar-refractivity contribution is 5.52. The van der Waals surface area contributed by atoms with Gasteiger partial charge in [-0.05, 0) is 30.4 Å². The zero-order valence-electron chi connectivity index (χ0n) is 11.3. The van der Waals surface area contributed by atoms with Crippen LogP contribution >= 0.6 is 0 Å². The molecule has 0 fully saturated rings. The van der Waals surface area contributed by atoms with Gasteiger partial charge in [-0.25, -0.2) is 4.98 Å². The number of nitriles is 1. The minimum Gasteiger partial charge on any atom is -0.368 e. The molecule has 0 amide bonds. The van der Waals surface area contributed by atoms with E-state index in [4.69, 9.17) is 5.26 Å². The Labute approximate surface area is 104 Å². The minimum atomic E-state index is 0.179. The van der Waals surface area contributed by atoms with E-state index in [1.807, 2.05) is 19.1 Å². The molecule has 0 aromatic carbocycles. The maximum absolute atomic E-state index is 9.02. The van der Waals surface area contributed by atoms with E-state index < -0.39 is 0 Å². The fraction of sp³-hybridized carbons (Fsp3) is 0.571. The average Bonchev–Trinajstić information content (AvgIpc) is 2.26. The van der Waals surface area contributed by atoms with Crippen LogP contribution in [0.1, 0.15) is 39.0 Å². The largest absolute Gasteiger partial charge is 0.368 e. The summed E-state index contributed by atoms with van der Waals surface area (Å²) < 4.78 is 0. The van der Waals surface area contributed by atoms with Gasteiger partial charge >= 0.3 is 0 Å². The first kappa shape index (κ1) is 13.5. The number of nitrogens with zero attached hydrogens (tertiary/aromatic N) is 2. The highest BCUT2D eigenvalue weighted by Crippen LogP contribution is 2.26. The fourth-order valence-corrected chi connectivity index (χ4v) is 1.30. The van der Waals surface area contributed by atoms with E-state index in [0.717, 1.165) is 12.2 Å². The Balaban J connectivity index is 2.83. The van der Waals surface area contributed by atoms with Crippen molar-refractivity contribution < 1.29 is 0 Å². The Kier molecular flexibility index (Phi) is 4.11. The highest BCUT2D eigenvalue weighted by atomic mass is 15.0.